The van der Waals surface area contributed by atoms with Crippen LogP contribution in [0.1, 0.15) is 69.8 Å². The van der Waals surface area contributed by atoms with E-state index in [4.69, 9.17) is 0 Å². The molecule has 1 atom stereocenters. The van der Waals surface area contributed by atoms with Crippen LogP contribution in [-0.4, -0.2) is 5.11 Å². The molecule has 320 valence electrons. The minimum absolute atomic E-state index is 0.250. The minimum atomic E-state index is -0.663. The minimum Gasteiger partial charge on any atom is -0.508 e. The van der Waals surface area contributed by atoms with Crippen molar-refractivity contribution in [1.29, 1.82) is 0 Å². The molecule has 0 amide bonds. The second kappa shape index (κ2) is 16.0. The molecule has 10 aromatic rings. The molecular formula is C65H49NO. The van der Waals surface area contributed by atoms with E-state index in [9.17, 15) is 5.11 Å². The number of aromatic hydroxyl groups is 1. The average Bonchev–Trinajstić information content (AvgIpc) is 3.85. The van der Waals surface area contributed by atoms with E-state index in [0.717, 1.165) is 22.6 Å². The van der Waals surface area contributed by atoms with Gasteiger partial charge in [-0.2, -0.15) is 0 Å². The van der Waals surface area contributed by atoms with Crippen molar-refractivity contribution in [2.45, 2.75) is 30.6 Å². The van der Waals surface area contributed by atoms with Crippen LogP contribution in [0.2, 0.25) is 0 Å². The normalized spacial score (nSPS) is 15.1. The first-order valence-electron chi connectivity index (χ1n) is 23.4. The Morgan fingerprint density at radius 2 is 0.701 bits per heavy atom. The summed E-state index contributed by atoms with van der Waals surface area (Å²) in [6.07, 6.45) is 0. The third kappa shape index (κ3) is 6.24. The Kier molecular flexibility index (Phi) is 9.66. The van der Waals surface area contributed by atoms with Crippen molar-refractivity contribution in [1.82, 2.24) is 0 Å². The predicted molar refractivity (Wildman–Crippen MR) is 277 cm³/mol. The molecule has 0 spiro atoms. The number of fused-ring (bicyclic) bond motifs is 6. The van der Waals surface area contributed by atoms with Crippen LogP contribution in [-0.2, 0) is 10.8 Å². The standard InChI is InChI=1S/C65H49NO/c1-44(2)45-26-30-50(31-27-45)65(51-32-38-55(67)39-33-51)61-25-15-13-23-57(61)59-41-37-54(43-63(59)65)66(52-34-28-47(29-35-52)46-16-6-3-7-17-46)53-36-40-58-56-22-12-14-24-60(56)64(62(58)42-53,48-18-8-4-9-19-48)49-20-10-5-11-21-49/h3-44,67H,1-2H3. The Hall–Kier alpha value is -8.20. The van der Waals surface area contributed by atoms with Crippen LogP contribution >= 0.6 is 0 Å². The summed E-state index contributed by atoms with van der Waals surface area (Å²) in [6, 6.07) is 90.9. The number of hydrogen-bond donors (Lipinski definition) is 1. The van der Waals surface area contributed by atoms with Crippen LogP contribution in [0, 0.1) is 0 Å². The fourth-order valence-corrected chi connectivity index (χ4v) is 11.5. The number of hydrogen-bond acceptors (Lipinski definition) is 2. The monoisotopic (exact) mass is 859 g/mol. The molecule has 2 nitrogen and oxygen atoms in total. The fraction of sp³-hybridized carbons (Fsp3) is 0.0769. The molecule has 0 fully saturated rings. The van der Waals surface area contributed by atoms with Gasteiger partial charge in [0.15, 0.2) is 0 Å². The molecule has 12 rings (SSSR count). The zero-order valence-corrected chi connectivity index (χ0v) is 37.6. The lowest BCUT2D eigenvalue weighted by Gasteiger charge is -2.36. The second-order valence-electron chi connectivity index (χ2n) is 18.4. The largest absolute Gasteiger partial charge is 0.508 e. The van der Waals surface area contributed by atoms with E-state index >= 15 is 0 Å². The van der Waals surface area contributed by atoms with Crippen molar-refractivity contribution < 1.29 is 5.11 Å². The lowest BCUT2D eigenvalue weighted by molar-refractivity contribution is 0.475. The van der Waals surface area contributed by atoms with Crippen molar-refractivity contribution in [3.05, 3.63) is 299 Å². The van der Waals surface area contributed by atoms with E-state index in [0.29, 0.717) is 5.92 Å². The summed E-state index contributed by atoms with van der Waals surface area (Å²) >= 11 is 0. The van der Waals surface area contributed by atoms with Gasteiger partial charge in [-0.1, -0.05) is 214 Å². The van der Waals surface area contributed by atoms with Gasteiger partial charge in [-0.05, 0) is 138 Å². The first-order chi connectivity index (χ1) is 33.0. The van der Waals surface area contributed by atoms with Gasteiger partial charge in [0, 0.05) is 17.1 Å². The quantitative estimate of drug-likeness (QED) is 0.156. The Balaban J connectivity index is 1.13. The molecule has 0 aliphatic heterocycles. The summed E-state index contributed by atoms with van der Waals surface area (Å²) in [5.74, 6) is 0.651. The highest BCUT2D eigenvalue weighted by molar-refractivity contribution is 5.92. The van der Waals surface area contributed by atoms with E-state index in [1.54, 1.807) is 0 Å². The highest BCUT2D eigenvalue weighted by atomic mass is 16.3. The molecule has 0 heterocycles. The second-order valence-corrected chi connectivity index (χ2v) is 18.4. The first-order valence-corrected chi connectivity index (χ1v) is 23.4. The van der Waals surface area contributed by atoms with Gasteiger partial charge in [0.05, 0.1) is 10.8 Å². The predicted octanol–water partition coefficient (Wildman–Crippen LogP) is 16.4. The SMILES string of the molecule is CC(C)c1ccc(C2(c3ccc(O)cc3)c3ccccc3-c3ccc(N(c4ccc(-c5ccccc5)cc4)c4ccc5c(c4)C(c4ccccc4)(c4ccccc4)c4ccccc4-5)cc32)cc1. The van der Waals surface area contributed by atoms with E-state index in [-0.39, 0.29) is 5.75 Å². The maximum atomic E-state index is 10.7. The fourth-order valence-electron chi connectivity index (χ4n) is 11.5. The third-order valence-electron chi connectivity index (χ3n) is 14.5. The van der Waals surface area contributed by atoms with Gasteiger partial charge >= 0.3 is 0 Å². The maximum absolute atomic E-state index is 10.7. The van der Waals surface area contributed by atoms with Crippen molar-refractivity contribution in [3.8, 4) is 39.1 Å². The van der Waals surface area contributed by atoms with Crippen molar-refractivity contribution in [2.75, 3.05) is 4.90 Å². The molecule has 0 radical (unpaired) electrons. The van der Waals surface area contributed by atoms with Gasteiger partial charge in [0.25, 0.3) is 0 Å². The summed E-state index contributed by atoms with van der Waals surface area (Å²) in [6.45, 7) is 4.50. The Morgan fingerprint density at radius 3 is 1.18 bits per heavy atom. The van der Waals surface area contributed by atoms with Crippen molar-refractivity contribution >= 4 is 17.1 Å². The van der Waals surface area contributed by atoms with Crippen LogP contribution < -0.4 is 4.90 Å². The first kappa shape index (κ1) is 40.3. The molecular weight excluding hydrogens is 811 g/mol. The van der Waals surface area contributed by atoms with Gasteiger partial charge in [-0.25, -0.2) is 0 Å². The zero-order chi connectivity index (χ0) is 45.1. The summed E-state index contributed by atoms with van der Waals surface area (Å²) in [7, 11) is 0. The topological polar surface area (TPSA) is 23.5 Å². The molecule has 10 aromatic carbocycles. The Morgan fingerprint density at radius 1 is 0.328 bits per heavy atom. The van der Waals surface area contributed by atoms with Gasteiger partial charge in [0.1, 0.15) is 5.75 Å². The molecule has 67 heavy (non-hydrogen) atoms. The molecule has 2 heteroatoms. The van der Waals surface area contributed by atoms with Crippen LogP contribution in [0.3, 0.4) is 0 Å². The highest BCUT2D eigenvalue weighted by Gasteiger charge is 2.48. The maximum Gasteiger partial charge on any atom is 0.115 e. The van der Waals surface area contributed by atoms with E-state index in [1.807, 2.05) is 12.1 Å². The molecule has 2 aliphatic rings. The zero-order valence-electron chi connectivity index (χ0n) is 37.6. The van der Waals surface area contributed by atoms with E-state index < -0.39 is 10.8 Å². The lowest BCUT2D eigenvalue weighted by Crippen LogP contribution is -2.29. The number of phenols is 1. The summed E-state index contributed by atoms with van der Waals surface area (Å²) in [5, 5.41) is 10.7. The molecule has 1 N–H and O–H groups in total. The Labute approximate surface area is 393 Å². The third-order valence-corrected chi connectivity index (χ3v) is 14.5. The van der Waals surface area contributed by atoms with Crippen LogP contribution in [0.25, 0.3) is 33.4 Å². The van der Waals surface area contributed by atoms with Gasteiger partial charge in [0.2, 0.25) is 0 Å². The van der Waals surface area contributed by atoms with E-state index in [1.165, 1.54) is 77.9 Å². The van der Waals surface area contributed by atoms with Gasteiger partial charge < -0.3 is 10.0 Å². The Bertz CT molecular complexity index is 3370. The number of benzene rings is 10. The molecule has 2 aliphatic carbocycles. The molecule has 0 aromatic heterocycles. The highest BCUT2D eigenvalue weighted by Crippen LogP contribution is 2.59. The van der Waals surface area contributed by atoms with Crippen molar-refractivity contribution in [3.63, 3.8) is 0 Å². The molecule has 1 unspecified atom stereocenters. The summed E-state index contributed by atoms with van der Waals surface area (Å²) in [4.78, 5) is 2.45. The van der Waals surface area contributed by atoms with Gasteiger partial charge in [-0.15, -0.1) is 0 Å². The van der Waals surface area contributed by atoms with Crippen LogP contribution in [0.4, 0.5) is 17.1 Å². The smallest absolute Gasteiger partial charge is 0.115 e. The number of anilines is 3. The van der Waals surface area contributed by atoms with Crippen LogP contribution in [0.5, 0.6) is 5.75 Å². The summed E-state index contributed by atoms with van der Waals surface area (Å²) < 4.78 is 0. The molecule has 0 saturated heterocycles. The van der Waals surface area contributed by atoms with Gasteiger partial charge in [-0.3, -0.25) is 0 Å². The number of nitrogens with zero attached hydrogens (tertiary/aromatic N) is 1. The lowest BCUT2D eigenvalue weighted by atomic mass is 9.67. The molecule has 0 bridgehead atoms. The van der Waals surface area contributed by atoms with E-state index in [2.05, 4.69) is 255 Å². The summed E-state index contributed by atoms with van der Waals surface area (Å²) in [5.41, 5.74) is 20.3. The number of rotatable bonds is 9. The van der Waals surface area contributed by atoms with Crippen molar-refractivity contribution in [2.24, 2.45) is 0 Å². The average molecular weight is 860 g/mol. The molecule has 0 saturated carbocycles. The number of phenolic OH excluding ortho intramolecular Hbond substituents is 1. The van der Waals surface area contributed by atoms with Crippen LogP contribution in [0.15, 0.2) is 249 Å².